The number of hydrogen-bond acceptors (Lipinski definition) is 4. The Kier molecular flexibility index (Phi) is 2.72. The van der Waals surface area contributed by atoms with Crippen molar-refractivity contribution < 1.29 is 0 Å². The Morgan fingerprint density at radius 1 is 1.26 bits per heavy atom. The third-order valence-electron chi connectivity index (χ3n) is 3.22. The smallest absolute Gasteiger partial charge is 0.111 e. The number of nitrogens with two attached hydrogens (primary N) is 2. The number of benzene rings is 1. The van der Waals surface area contributed by atoms with Crippen LogP contribution in [0.3, 0.4) is 0 Å². The lowest BCUT2D eigenvalue weighted by Crippen LogP contribution is -2.53. The second-order valence-corrected chi connectivity index (χ2v) is 4.87. The number of fused-ring (bicyclic) bond motifs is 1. The van der Waals surface area contributed by atoms with E-state index in [2.05, 4.69) is 16.4 Å². The Morgan fingerprint density at radius 3 is 3.00 bits per heavy atom. The van der Waals surface area contributed by atoms with Crippen LogP contribution in [0.2, 0.25) is 0 Å². The zero-order valence-electron chi connectivity index (χ0n) is 10.5. The molecule has 4 heteroatoms. The number of hydrogen-bond donors (Lipinski definition) is 3. The van der Waals surface area contributed by atoms with E-state index < -0.39 is 5.66 Å². The summed E-state index contributed by atoms with van der Waals surface area (Å²) in [4.78, 5) is 4.31. The maximum atomic E-state index is 6.29. The minimum absolute atomic E-state index is 0.630. The van der Waals surface area contributed by atoms with Gasteiger partial charge in [-0.1, -0.05) is 12.1 Å². The summed E-state index contributed by atoms with van der Waals surface area (Å²) in [6.07, 6.45) is 7.90. The van der Waals surface area contributed by atoms with Crippen LogP contribution in [-0.4, -0.2) is 10.6 Å². The molecule has 1 aromatic carbocycles. The van der Waals surface area contributed by atoms with Gasteiger partial charge in [-0.25, -0.2) is 0 Å². The van der Waals surface area contributed by atoms with Gasteiger partial charge in [-0.15, -0.1) is 0 Å². The van der Waals surface area contributed by atoms with Crippen LogP contribution in [0, 0.1) is 0 Å². The molecule has 2 heterocycles. The van der Waals surface area contributed by atoms with E-state index in [4.69, 9.17) is 11.5 Å². The van der Waals surface area contributed by atoms with Crippen LogP contribution in [-0.2, 0) is 6.42 Å². The minimum Gasteiger partial charge on any atom is -0.399 e. The summed E-state index contributed by atoms with van der Waals surface area (Å²) in [7, 11) is 0. The molecule has 0 fully saturated rings. The van der Waals surface area contributed by atoms with Crippen molar-refractivity contribution in [3.05, 3.63) is 66.1 Å². The van der Waals surface area contributed by atoms with Crippen LogP contribution in [0.25, 0.3) is 10.9 Å². The third kappa shape index (κ3) is 2.44. The molecular formula is C15H16N4. The highest BCUT2D eigenvalue weighted by molar-refractivity contribution is 5.78. The van der Waals surface area contributed by atoms with Crippen LogP contribution >= 0.6 is 0 Å². The molecule has 2 aromatic rings. The van der Waals surface area contributed by atoms with Gasteiger partial charge < -0.3 is 16.8 Å². The molecule has 5 N–H and O–H groups in total. The average Bonchev–Trinajstić information content (AvgIpc) is 2.38. The van der Waals surface area contributed by atoms with Gasteiger partial charge in [-0.05, 0) is 35.9 Å². The van der Waals surface area contributed by atoms with Crippen LogP contribution in [0.15, 0.2) is 60.6 Å². The van der Waals surface area contributed by atoms with Gasteiger partial charge in [0.1, 0.15) is 5.66 Å². The van der Waals surface area contributed by atoms with E-state index in [9.17, 15) is 0 Å². The first-order valence-electron chi connectivity index (χ1n) is 6.20. The van der Waals surface area contributed by atoms with E-state index in [1.165, 1.54) is 0 Å². The quantitative estimate of drug-likeness (QED) is 0.755. The summed E-state index contributed by atoms with van der Waals surface area (Å²) in [5.41, 5.74) is 14.3. The highest BCUT2D eigenvalue weighted by atomic mass is 15.1. The number of pyridine rings is 1. The number of aromatic nitrogens is 1. The molecule has 96 valence electrons. The van der Waals surface area contributed by atoms with Gasteiger partial charge in [-0.3, -0.25) is 4.98 Å². The maximum absolute atomic E-state index is 6.29. The summed E-state index contributed by atoms with van der Waals surface area (Å²) in [5, 5.41) is 4.27. The first kappa shape index (κ1) is 11.7. The highest BCUT2D eigenvalue weighted by Gasteiger charge is 2.23. The lowest BCUT2D eigenvalue weighted by Gasteiger charge is -2.29. The molecule has 1 aliphatic rings. The molecule has 19 heavy (non-hydrogen) atoms. The van der Waals surface area contributed by atoms with Crippen LogP contribution < -0.4 is 16.8 Å². The van der Waals surface area contributed by atoms with Crippen molar-refractivity contribution in [2.45, 2.75) is 12.1 Å². The van der Waals surface area contributed by atoms with E-state index >= 15 is 0 Å². The summed E-state index contributed by atoms with van der Waals surface area (Å²) >= 11 is 0. The van der Waals surface area contributed by atoms with Crippen molar-refractivity contribution in [1.82, 2.24) is 10.3 Å². The number of rotatable bonds is 2. The molecule has 4 nitrogen and oxygen atoms in total. The van der Waals surface area contributed by atoms with Gasteiger partial charge in [0.05, 0.1) is 5.52 Å². The van der Waals surface area contributed by atoms with Crippen LogP contribution in [0.1, 0.15) is 5.56 Å². The highest BCUT2D eigenvalue weighted by Crippen LogP contribution is 2.18. The minimum atomic E-state index is -0.630. The van der Waals surface area contributed by atoms with Crippen molar-refractivity contribution in [2.24, 2.45) is 11.5 Å². The van der Waals surface area contributed by atoms with Gasteiger partial charge in [-0.2, -0.15) is 0 Å². The molecule has 1 unspecified atom stereocenters. The van der Waals surface area contributed by atoms with E-state index in [-0.39, 0.29) is 0 Å². The fourth-order valence-corrected chi connectivity index (χ4v) is 2.36. The van der Waals surface area contributed by atoms with E-state index in [0.717, 1.165) is 16.5 Å². The fraction of sp³-hybridized carbons (Fsp3) is 0.133. The number of nitrogens with zero attached hydrogens (tertiary/aromatic N) is 1. The monoisotopic (exact) mass is 252 g/mol. The van der Waals surface area contributed by atoms with Gasteiger partial charge in [0.25, 0.3) is 0 Å². The SMILES string of the molecule is NC1=CC(N)(Cc2ccc3ncccc3c2)NC=C1. The van der Waals surface area contributed by atoms with E-state index in [1.807, 2.05) is 30.3 Å². The van der Waals surface area contributed by atoms with Crippen molar-refractivity contribution in [3.8, 4) is 0 Å². The third-order valence-corrected chi connectivity index (χ3v) is 3.22. The Labute approximate surface area is 111 Å². The molecule has 0 bridgehead atoms. The van der Waals surface area contributed by atoms with Crippen molar-refractivity contribution in [3.63, 3.8) is 0 Å². The van der Waals surface area contributed by atoms with Crippen molar-refractivity contribution >= 4 is 10.9 Å². The molecular weight excluding hydrogens is 236 g/mol. The summed E-state index contributed by atoms with van der Waals surface area (Å²) in [6, 6.07) is 10.2. The Balaban J connectivity index is 1.91. The molecule has 3 rings (SSSR count). The number of dihydropyridines is 1. The topological polar surface area (TPSA) is 77.0 Å². The van der Waals surface area contributed by atoms with Gasteiger partial charge in [0.2, 0.25) is 0 Å². The normalized spacial score (nSPS) is 22.1. The van der Waals surface area contributed by atoms with Crippen LogP contribution in [0.4, 0.5) is 0 Å². The second kappa shape index (κ2) is 4.40. The first-order chi connectivity index (χ1) is 9.15. The van der Waals surface area contributed by atoms with E-state index in [1.54, 1.807) is 18.5 Å². The molecule has 0 saturated heterocycles. The largest absolute Gasteiger partial charge is 0.399 e. The molecule has 0 aliphatic carbocycles. The Morgan fingerprint density at radius 2 is 2.16 bits per heavy atom. The Bertz CT molecular complexity index is 675. The first-order valence-corrected chi connectivity index (χ1v) is 6.20. The fourth-order valence-electron chi connectivity index (χ4n) is 2.36. The number of allylic oxidation sites excluding steroid dienone is 1. The lowest BCUT2D eigenvalue weighted by atomic mass is 9.96. The standard InChI is InChI=1S/C15H16N4/c16-13-5-7-19-15(17,10-13)9-11-3-4-14-12(8-11)2-1-6-18-14/h1-8,10,19H,9,16-17H2. The zero-order valence-corrected chi connectivity index (χ0v) is 10.5. The zero-order chi connectivity index (χ0) is 13.3. The molecule has 0 saturated carbocycles. The van der Waals surface area contributed by atoms with Crippen molar-refractivity contribution in [1.29, 1.82) is 0 Å². The Hall–Kier alpha value is -2.33. The summed E-state index contributed by atoms with van der Waals surface area (Å²) in [6.45, 7) is 0. The summed E-state index contributed by atoms with van der Waals surface area (Å²) in [5.74, 6) is 0. The lowest BCUT2D eigenvalue weighted by molar-refractivity contribution is 0.463. The predicted octanol–water partition coefficient (Wildman–Crippen LogP) is 1.39. The van der Waals surface area contributed by atoms with E-state index in [0.29, 0.717) is 12.1 Å². The molecule has 1 aromatic heterocycles. The molecule has 0 spiro atoms. The molecule has 1 atom stereocenters. The molecule has 1 aliphatic heterocycles. The van der Waals surface area contributed by atoms with Gasteiger partial charge in [0.15, 0.2) is 0 Å². The molecule has 0 amide bonds. The predicted molar refractivity (Wildman–Crippen MR) is 76.9 cm³/mol. The van der Waals surface area contributed by atoms with Gasteiger partial charge in [0, 0.05) is 29.9 Å². The van der Waals surface area contributed by atoms with Crippen molar-refractivity contribution in [2.75, 3.05) is 0 Å². The molecule has 0 radical (unpaired) electrons. The van der Waals surface area contributed by atoms with Gasteiger partial charge >= 0.3 is 0 Å². The summed E-state index contributed by atoms with van der Waals surface area (Å²) < 4.78 is 0. The average molecular weight is 252 g/mol. The maximum Gasteiger partial charge on any atom is 0.111 e. The number of nitrogens with one attached hydrogen (secondary N) is 1. The van der Waals surface area contributed by atoms with Crippen LogP contribution in [0.5, 0.6) is 0 Å². The second-order valence-electron chi connectivity index (χ2n) is 4.87.